The summed E-state index contributed by atoms with van der Waals surface area (Å²) >= 11 is 0. The molecule has 2 saturated heterocycles. The van der Waals surface area contributed by atoms with Crippen molar-refractivity contribution in [2.45, 2.75) is 38.6 Å². The molecule has 4 nitrogen and oxygen atoms in total. The highest BCUT2D eigenvalue weighted by molar-refractivity contribution is 5.79. The van der Waals surface area contributed by atoms with Gasteiger partial charge < -0.3 is 15.5 Å². The zero-order valence-corrected chi connectivity index (χ0v) is 10.9. The number of nitrogens with one attached hydrogen (secondary N) is 2. The van der Waals surface area contributed by atoms with Crippen molar-refractivity contribution < 1.29 is 4.79 Å². The Hall–Kier alpha value is -0.610. The van der Waals surface area contributed by atoms with E-state index in [4.69, 9.17) is 0 Å². The second-order valence-corrected chi connectivity index (χ2v) is 5.27. The van der Waals surface area contributed by atoms with Crippen molar-refractivity contribution in [1.29, 1.82) is 0 Å². The lowest BCUT2D eigenvalue weighted by Gasteiger charge is -2.33. The van der Waals surface area contributed by atoms with Crippen LogP contribution in [0.2, 0.25) is 0 Å². The minimum absolute atomic E-state index is 0.244. The first-order valence-corrected chi connectivity index (χ1v) is 7.03. The first-order chi connectivity index (χ1) is 8.29. The topological polar surface area (TPSA) is 44.4 Å². The Kier molecular flexibility index (Phi) is 4.80. The van der Waals surface area contributed by atoms with Gasteiger partial charge in [-0.25, -0.2) is 0 Å². The molecule has 2 aliphatic rings. The summed E-state index contributed by atoms with van der Waals surface area (Å²) in [6, 6.07) is 0.381. The molecule has 0 aromatic carbocycles. The quantitative estimate of drug-likeness (QED) is 0.757. The van der Waals surface area contributed by atoms with Crippen LogP contribution in [0.15, 0.2) is 0 Å². The highest BCUT2D eigenvalue weighted by atomic mass is 16.1. The van der Waals surface area contributed by atoms with Crippen molar-refractivity contribution in [2.75, 3.05) is 32.7 Å². The minimum Gasteiger partial charge on any atom is -0.352 e. The molecule has 2 fully saturated rings. The Bertz CT molecular complexity index is 251. The molecular formula is C13H25N3O. The van der Waals surface area contributed by atoms with Gasteiger partial charge in [0.1, 0.15) is 0 Å². The molecule has 1 amide bonds. The Morgan fingerprint density at radius 2 is 2.12 bits per heavy atom. The fraction of sp³-hybridized carbons (Fsp3) is 0.923. The molecule has 2 aliphatic heterocycles. The molecule has 2 heterocycles. The summed E-state index contributed by atoms with van der Waals surface area (Å²) in [5.41, 5.74) is 0. The van der Waals surface area contributed by atoms with Crippen LogP contribution in [0, 0.1) is 5.92 Å². The van der Waals surface area contributed by atoms with Gasteiger partial charge in [-0.3, -0.25) is 4.79 Å². The lowest BCUT2D eigenvalue weighted by Crippen LogP contribution is -2.50. The summed E-state index contributed by atoms with van der Waals surface area (Å²) in [6.07, 6.45) is 4.35. The zero-order chi connectivity index (χ0) is 12.1. The van der Waals surface area contributed by atoms with Crippen LogP contribution in [-0.2, 0) is 4.79 Å². The number of rotatable bonds is 3. The number of nitrogens with zero attached hydrogens (tertiary/aromatic N) is 1. The third-order valence-electron chi connectivity index (χ3n) is 4.01. The maximum atomic E-state index is 12.1. The van der Waals surface area contributed by atoms with E-state index in [1.165, 1.54) is 13.0 Å². The molecule has 17 heavy (non-hydrogen) atoms. The Morgan fingerprint density at radius 3 is 2.82 bits per heavy atom. The van der Waals surface area contributed by atoms with Gasteiger partial charge in [0.2, 0.25) is 5.91 Å². The van der Waals surface area contributed by atoms with Crippen LogP contribution in [0.4, 0.5) is 0 Å². The normalized spacial score (nSPS) is 27.9. The molecule has 4 heteroatoms. The van der Waals surface area contributed by atoms with Gasteiger partial charge in [-0.05, 0) is 51.9 Å². The highest BCUT2D eigenvalue weighted by Gasteiger charge is 2.25. The summed E-state index contributed by atoms with van der Waals surface area (Å²) in [7, 11) is 0. The predicted molar refractivity (Wildman–Crippen MR) is 68.9 cm³/mol. The Morgan fingerprint density at radius 1 is 1.35 bits per heavy atom. The minimum atomic E-state index is 0.244. The first kappa shape index (κ1) is 12.8. The number of piperidine rings is 2. The van der Waals surface area contributed by atoms with Crippen LogP contribution in [0.3, 0.4) is 0 Å². The van der Waals surface area contributed by atoms with Crippen LogP contribution < -0.4 is 10.6 Å². The highest BCUT2D eigenvalue weighted by Crippen LogP contribution is 2.14. The predicted octanol–water partition coefficient (Wildman–Crippen LogP) is 0.587. The molecule has 1 unspecified atom stereocenters. The molecule has 0 saturated carbocycles. The van der Waals surface area contributed by atoms with E-state index in [9.17, 15) is 4.79 Å². The van der Waals surface area contributed by atoms with E-state index in [0.29, 0.717) is 6.04 Å². The van der Waals surface area contributed by atoms with Crippen LogP contribution in [0.5, 0.6) is 0 Å². The lowest BCUT2D eigenvalue weighted by molar-refractivity contribution is -0.126. The molecule has 2 rings (SSSR count). The van der Waals surface area contributed by atoms with E-state index in [-0.39, 0.29) is 11.8 Å². The molecule has 2 N–H and O–H groups in total. The van der Waals surface area contributed by atoms with Crippen molar-refractivity contribution in [3.8, 4) is 0 Å². The molecule has 0 aromatic heterocycles. The van der Waals surface area contributed by atoms with E-state index in [1.54, 1.807) is 0 Å². The molecule has 0 aliphatic carbocycles. The molecule has 0 aromatic rings. The summed E-state index contributed by atoms with van der Waals surface area (Å²) < 4.78 is 0. The largest absolute Gasteiger partial charge is 0.352 e. The number of carbonyl (C=O) groups excluding carboxylic acids is 1. The molecule has 0 bridgehead atoms. The van der Waals surface area contributed by atoms with Crippen LogP contribution >= 0.6 is 0 Å². The third-order valence-corrected chi connectivity index (χ3v) is 4.01. The van der Waals surface area contributed by atoms with Gasteiger partial charge in [-0.1, -0.05) is 6.92 Å². The van der Waals surface area contributed by atoms with Gasteiger partial charge in [0.05, 0.1) is 0 Å². The molecular weight excluding hydrogens is 214 g/mol. The van der Waals surface area contributed by atoms with Gasteiger partial charge in [-0.2, -0.15) is 0 Å². The number of likely N-dealkylation sites (N-methyl/N-ethyl adjacent to an activating group) is 1. The average Bonchev–Trinajstić information content (AvgIpc) is 2.40. The standard InChI is InChI=1S/C13H25N3O/c1-2-16-9-3-4-12(10-16)15-13(17)11-5-7-14-8-6-11/h11-12,14H,2-10H2,1H3,(H,15,17). The monoisotopic (exact) mass is 239 g/mol. The lowest BCUT2D eigenvalue weighted by atomic mass is 9.96. The summed E-state index contributed by atoms with van der Waals surface area (Å²) in [4.78, 5) is 14.5. The van der Waals surface area contributed by atoms with Crippen molar-refractivity contribution >= 4 is 5.91 Å². The van der Waals surface area contributed by atoms with Gasteiger partial charge in [0.25, 0.3) is 0 Å². The van der Waals surface area contributed by atoms with E-state index in [2.05, 4.69) is 22.5 Å². The van der Waals surface area contributed by atoms with Gasteiger partial charge in [-0.15, -0.1) is 0 Å². The molecule has 98 valence electrons. The summed E-state index contributed by atoms with van der Waals surface area (Å²) in [5.74, 6) is 0.530. The van der Waals surface area contributed by atoms with Crippen LogP contribution in [0.1, 0.15) is 32.6 Å². The number of hydrogen-bond donors (Lipinski definition) is 2. The second-order valence-electron chi connectivity index (χ2n) is 5.27. The van der Waals surface area contributed by atoms with Crippen molar-refractivity contribution in [3.63, 3.8) is 0 Å². The fourth-order valence-corrected chi connectivity index (χ4v) is 2.86. The van der Waals surface area contributed by atoms with Gasteiger partial charge in [0, 0.05) is 18.5 Å². The van der Waals surface area contributed by atoms with E-state index in [1.807, 2.05) is 0 Å². The molecule has 0 radical (unpaired) electrons. The molecule has 1 atom stereocenters. The molecule has 0 spiro atoms. The zero-order valence-electron chi connectivity index (χ0n) is 10.9. The van der Waals surface area contributed by atoms with Crippen LogP contribution in [-0.4, -0.2) is 49.6 Å². The first-order valence-electron chi connectivity index (χ1n) is 7.03. The van der Waals surface area contributed by atoms with E-state index in [0.717, 1.165) is 45.4 Å². The number of carbonyl (C=O) groups is 1. The maximum absolute atomic E-state index is 12.1. The average molecular weight is 239 g/mol. The smallest absolute Gasteiger partial charge is 0.223 e. The second kappa shape index (κ2) is 6.36. The summed E-state index contributed by atoms with van der Waals surface area (Å²) in [5, 5.41) is 6.55. The Balaban J connectivity index is 1.77. The number of likely N-dealkylation sites (tertiary alicyclic amines) is 1. The van der Waals surface area contributed by atoms with Crippen molar-refractivity contribution in [3.05, 3.63) is 0 Å². The Labute approximate surface area is 104 Å². The number of hydrogen-bond acceptors (Lipinski definition) is 3. The van der Waals surface area contributed by atoms with E-state index >= 15 is 0 Å². The van der Waals surface area contributed by atoms with Crippen molar-refractivity contribution in [1.82, 2.24) is 15.5 Å². The van der Waals surface area contributed by atoms with Gasteiger partial charge in [0.15, 0.2) is 0 Å². The summed E-state index contributed by atoms with van der Waals surface area (Å²) in [6.45, 7) is 7.49. The van der Waals surface area contributed by atoms with Crippen molar-refractivity contribution in [2.24, 2.45) is 5.92 Å². The number of amides is 1. The SMILES string of the molecule is CCN1CCCC(NC(=O)C2CCNCC2)C1. The van der Waals surface area contributed by atoms with Crippen LogP contribution in [0.25, 0.3) is 0 Å². The fourth-order valence-electron chi connectivity index (χ4n) is 2.86. The maximum Gasteiger partial charge on any atom is 0.223 e. The van der Waals surface area contributed by atoms with E-state index < -0.39 is 0 Å². The third kappa shape index (κ3) is 3.68. The van der Waals surface area contributed by atoms with Gasteiger partial charge >= 0.3 is 0 Å².